The number of likely N-dealkylation sites (tertiary alicyclic amines) is 1. The maximum absolute atomic E-state index is 13.2. The molecule has 0 spiro atoms. The topological polar surface area (TPSA) is 113 Å². The van der Waals surface area contributed by atoms with Crippen molar-refractivity contribution in [3.05, 3.63) is 101 Å². The Balaban J connectivity index is 1.82. The largest absolute Gasteiger partial charge is 0.507 e. The summed E-state index contributed by atoms with van der Waals surface area (Å²) >= 11 is 0. The first-order valence-electron chi connectivity index (χ1n) is 10.7. The number of carboxylic acid groups (broad SMARTS) is 1. The Morgan fingerprint density at radius 2 is 1.49 bits per heavy atom. The number of carboxylic acids is 1. The molecule has 1 saturated heterocycles. The molecule has 0 aliphatic carbocycles. The molecule has 1 heterocycles. The summed E-state index contributed by atoms with van der Waals surface area (Å²) in [5.41, 5.74) is 1.65. The summed E-state index contributed by atoms with van der Waals surface area (Å²) in [6.45, 7) is 0.0335. The zero-order valence-electron chi connectivity index (χ0n) is 19.1. The molecule has 1 amide bonds. The van der Waals surface area contributed by atoms with Crippen molar-refractivity contribution in [3.63, 3.8) is 0 Å². The van der Waals surface area contributed by atoms with Gasteiger partial charge in [-0.15, -0.1) is 0 Å². The quantitative estimate of drug-likeness (QED) is 0.303. The van der Waals surface area contributed by atoms with E-state index in [0.717, 1.165) is 0 Å². The molecule has 8 heteroatoms. The highest BCUT2D eigenvalue weighted by atomic mass is 16.5. The number of aliphatic hydroxyl groups is 1. The number of benzene rings is 3. The third-order valence-electron chi connectivity index (χ3n) is 5.87. The second kappa shape index (κ2) is 9.72. The summed E-state index contributed by atoms with van der Waals surface area (Å²) in [5.74, 6) is -1.83. The molecular formula is C27H23NO7. The number of amides is 1. The van der Waals surface area contributed by atoms with Gasteiger partial charge in [-0.3, -0.25) is 9.59 Å². The molecule has 178 valence electrons. The smallest absolute Gasteiger partial charge is 0.335 e. The van der Waals surface area contributed by atoms with Crippen LogP contribution in [-0.2, 0) is 16.1 Å². The van der Waals surface area contributed by atoms with Gasteiger partial charge in [0.05, 0.1) is 31.4 Å². The number of hydrogen-bond acceptors (Lipinski definition) is 6. The van der Waals surface area contributed by atoms with E-state index >= 15 is 0 Å². The zero-order valence-corrected chi connectivity index (χ0v) is 19.1. The second-order valence-corrected chi connectivity index (χ2v) is 7.93. The van der Waals surface area contributed by atoms with Crippen molar-refractivity contribution in [2.45, 2.75) is 12.6 Å². The Labute approximate surface area is 201 Å². The molecule has 0 radical (unpaired) electrons. The van der Waals surface area contributed by atoms with Crippen LogP contribution in [0.15, 0.2) is 78.4 Å². The predicted octanol–water partition coefficient (Wildman–Crippen LogP) is 4.02. The number of Topliss-reactive ketones (excluding diaryl/α,β-unsaturated/α-hetero) is 1. The highest BCUT2D eigenvalue weighted by Crippen LogP contribution is 2.41. The van der Waals surface area contributed by atoms with Gasteiger partial charge >= 0.3 is 5.97 Å². The van der Waals surface area contributed by atoms with Crippen LogP contribution in [-0.4, -0.2) is 47.0 Å². The maximum atomic E-state index is 13.2. The molecule has 1 fully saturated rings. The molecule has 3 aromatic carbocycles. The Kier molecular flexibility index (Phi) is 6.55. The highest BCUT2D eigenvalue weighted by molar-refractivity contribution is 6.46. The fourth-order valence-electron chi connectivity index (χ4n) is 4.06. The first-order valence-corrected chi connectivity index (χ1v) is 10.7. The highest BCUT2D eigenvalue weighted by Gasteiger charge is 2.46. The Bertz CT molecular complexity index is 1310. The first kappa shape index (κ1) is 23.6. The van der Waals surface area contributed by atoms with Gasteiger partial charge in [0.25, 0.3) is 11.7 Å². The molecule has 1 atom stereocenters. The Morgan fingerprint density at radius 1 is 0.857 bits per heavy atom. The summed E-state index contributed by atoms with van der Waals surface area (Å²) in [7, 11) is 3.03. The molecule has 4 rings (SSSR count). The number of methoxy groups -OCH3 is 2. The SMILES string of the molecule is COc1ccc(/C(O)=C2\C(=O)C(=O)N(Cc3ccc(C(=O)O)cc3)C2c2cccc(OC)c2)cc1. The van der Waals surface area contributed by atoms with Crippen molar-refractivity contribution >= 4 is 23.4 Å². The third-order valence-corrected chi connectivity index (χ3v) is 5.87. The molecule has 0 bridgehead atoms. The van der Waals surface area contributed by atoms with E-state index in [1.165, 1.54) is 31.3 Å². The molecule has 1 aliphatic rings. The molecule has 3 aromatic rings. The molecule has 2 N–H and O–H groups in total. The maximum Gasteiger partial charge on any atom is 0.335 e. The molecule has 35 heavy (non-hydrogen) atoms. The van der Waals surface area contributed by atoms with Crippen LogP contribution in [0, 0.1) is 0 Å². The lowest BCUT2D eigenvalue weighted by Crippen LogP contribution is -2.29. The van der Waals surface area contributed by atoms with E-state index in [-0.39, 0.29) is 23.4 Å². The minimum absolute atomic E-state index is 0.0335. The Morgan fingerprint density at radius 3 is 2.09 bits per heavy atom. The average molecular weight is 473 g/mol. The van der Waals surface area contributed by atoms with Crippen LogP contribution in [0.2, 0.25) is 0 Å². The third kappa shape index (κ3) is 4.59. The van der Waals surface area contributed by atoms with Crippen LogP contribution in [0.25, 0.3) is 5.76 Å². The van der Waals surface area contributed by atoms with E-state index < -0.39 is 23.7 Å². The molecule has 8 nitrogen and oxygen atoms in total. The fraction of sp³-hybridized carbons (Fsp3) is 0.148. The van der Waals surface area contributed by atoms with Gasteiger partial charge in [0, 0.05) is 12.1 Å². The molecule has 1 aliphatic heterocycles. The number of ether oxygens (including phenoxy) is 2. The molecule has 1 unspecified atom stereocenters. The fourth-order valence-corrected chi connectivity index (χ4v) is 4.06. The van der Waals surface area contributed by atoms with Crippen LogP contribution < -0.4 is 9.47 Å². The van der Waals surface area contributed by atoms with Gasteiger partial charge in [0.15, 0.2) is 0 Å². The average Bonchev–Trinajstić information content (AvgIpc) is 3.13. The van der Waals surface area contributed by atoms with Crippen molar-refractivity contribution < 1.29 is 34.1 Å². The summed E-state index contributed by atoms with van der Waals surface area (Å²) in [5, 5.41) is 20.3. The lowest BCUT2D eigenvalue weighted by Gasteiger charge is -2.26. The van der Waals surface area contributed by atoms with E-state index in [2.05, 4.69) is 0 Å². The van der Waals surface area contributed by atoms with Crippen LogP contribution in [0.5, 0.6) is 11.5 Å². The number of carbonyl (C=O) groups excluding carboxylic acids is 2. The minimum atomic E-state index is -1.06. The Hall–Kier alpha value is -4.59. The number of nitrogens with zero attached hydrogens (tertiary/aromatic N) is 1. The van der Waals surface area contributed by atoms with Gasteiger partial charge in [0.1, 0.15) is 17.3 Å². The van der Waals surface area contributed by atoms with Crippen molar-refractivity contribution in [1.82, 2.24) is 4.90 Å². The van der Waals surface area contributed by atoms with Gasteiger partial charge in [-0.2, -0.15) is 0 Å². The number of rotatable bonds is 7. The van der Waals surface area contributed by atoms with Crippen molar-refractivity contribution in [2.75, 3.05) is 14.2 Å². The van der Waals surface area contributed by atoms with Crippen LogP contribution in [0.4, 0.5) is 0 Å². The molecule has 0 saturated carbocycles. The lowest BCUT2D eigenvalue weighted by atomic mass is 9.95. The van der Waals surface area contributed by atoms with Crippen molar-refractivity contribution in [1.29, 1.82) is 0 Å². The molecular weight excluding hydrogens is 450 g/mol. The van der Waals surface area contributed by atoms with Crippen LogP contribution in [0.1, 0.15) is 33.1 Å². The molecule has 0 aromatic heterocycles. The lowest BCUT2D eigenvalue weighted by molar-refractivity contribution is -0.140. The first-order chi connectivity index (χ1) is 16.8. The number of aliphatic hydroxyl groups excluding tert-OH is 1. The summed E-state index contributed by atoms with van der Waals surface area (Å²) in [6.07, 6.45) is 0. The summed E-state index contributed by atoms with van der Waals surface area (Å²) in [6, 6.07) is 18.6. The van der Waals surface area contributed by atoms with E-state index in [4.69, 9.17) is 14.6 Å². The van der Waals surface area contributed by atoms with Gasteiger partial charge in [0.2, 0.25) is 0 Å². The normalized spacial score (nSPS) is 16.9. The van der Waals surface area contributed by atoms with Gasteiger partial charge in [-0.05, 0) is 59.7 Å². The number of hydrogen-bond donors (Lipinski definition) is 2. The number of ketones is 1. The van der Waals surface area contributed by atoms with Crippen LogP contribution in [0.3, 0.4) is 0 Å². The monoisotopic (exact) mass is 473 g/mol. The van der Waals surface area contributed by atoms with Gasteiger partial charge < -0.3 is 24.6 Å². The summed E-state index contributed by atoms with van der Waals surface area (Å²) < 4.78 is 10.5. The number of carbonyl (C=O) groups is 3. The predicted molar refractivity (Wildman–Crippen MR) is 127 cm³/mol. The van der Waals surface area contributed by atoms with Gasteiger partial charge in [-0.25, -0.2) is 4.79 Å². The second-order valence-electron chi connectivity index (χ2n) is 7.93. The standard InChI is InChI=1S/C27H23NO7/c1-34-20-12-10-17(11-13-20)24(29)22-23(19-4-3-5-21(14-19)35-2)28(26(31)25(22)30)15-16-6-8-18(9-7-16)27(32)33/h3-14,23,29H,15H2,1-2H3,(H,32,33)/b24-22+. The van der Waals surface area contributed by atoms with E-state index in [1.807, 2.05) is 0 Å². The van der Waals surface area contributed by atoms with E-state index in [9.17, 15) is 19.5 Å². The van der Waals surface area contributed by atoms with Gasteiger partial charge in [-0.1, -0.05) is 24.3 Å². The zero-order chi connectivity index (χ0) is 25.1. The number of aromatic carboxylic acids is 1. The summed E-state index contributed by atoms with van der Waals surface area (Å²) in [4.78, 5) is 38.9. The van der Waals surface area contributed by atoms with Crippen molar-refractivity contribution in [3.8, 4) is 11.5 Å². The van der Waals surface area contributed by atoms with E-state index in [1.54, 1.807) is 60.7 Å². The minimum Gasteiger partial charge on any atom is -0.507 e. The van der Waals surface area contributed by atoms with Crippen LogP contribution >= 0.6 is 0 Å². The van der Waals surface area contributed by atoms with Crippen molar-refractivity contribution in [2.24, 2.45) is 0 Å². The van der Waals surface area contributed by atoms with E-state index in [0.29, 0.717) is 28.2 Å².